The van der Waals surface area contributed by atoms with Gasteiger partial charge < -0.3 is 15.4 Å². The van der Waals surface area contributed by atoms with Crippen LogP contribution in [0.2, 0.25) is 5.02 Å². The number of nitrogens with one attached hydrogen (secondary N) is 2. The zero-order chi connectivity index (χ0) is 21.4. The van der Waals surface area contributed by atoms with Gasteiger partial charge in [-0.15, -0.1) is 0 Å². The standard InChI is InChI=1S/C22H21ClN4O3/c1-12-7-8-15(23)10-17(12)24-19(28)11-18-22(29)25-21-20(13(2)26-27(18)21)14-5-4-6-16(9-14)30-3/h4-10,18H,11H2,1-3H3,(H,24,28)(H,25,29). The van der Waals surface area contributed by atoms with Crippen molar-refractivity contribution >= 4 is 34.9 Å². The quantitative estimate of drug-likeness (QED) is 0.637. The monoisotopic (exact) mass is 424 g/mol. The molecule has 2 aromatic carbocycles. The van der Waals surface area contributed by atoms with Gasteiger partial charge in [0.2, 0.25) is 5.91 Å². The zero-order valence-electron chi connectivity index (χ0n) is 16.8. The fourth-order valence-electron chi connectivity index (χ4n) is 3.61. The van der Waals surface area contributed by atoms with Gasteiger partial charge in [-0.25, -0.2) is 4.68 Å². The number of aryl methyl sites for hydroxylation is 2. The predicted molar refractivity (Wildman–Crippen MR) is 116 cm³/mol. The van der Waals surface area contributed by atoms with E-state index in [0.29, 0.717) is 22.3 Å². The maximum absolute atomic E-state index is 12.6. The van der Waals surface area contributed by atoms with Gasteiger partial charge in [-0.05, 0) is 49.2 Å². The number of hydrogen-bond donors (Lipinski definition) is 2. The Morgan fingerprint density at radius 3 is 2.83 bits per heavy atom. The molecule has 1 aliphatic heterocycles. The Bertz CT molecular complexity index is 1160. The average Bonchev–Trinajstić information content (AvgIpc) is 3.18. The highest BCUT2D eigenvalue weighted by atomic mass is 35.5. The second-order valence-corrected chi connectivity index (χ2v) is 7.64. The Balaban J connectivity index is 1.60. The largest absolute Gasteiger partial charge is 0.497 e. The molecular formula is C22H21ClN4O3. The summed E-state index contributed by atoms with van der Waals surface area (Å²) < 4.78 is 6.90. The fraction of sp³-hybridized carbons (Fsp3) is 0.227. The molecule has 30 heavy (non-hydrogen) atoms. The summed E-state index contributed by atoms with van der Waals surface area (Å²) in [5.41, 5.74) is 3.97. The Labute approximate surface area is 179 Å². The lowest BCUT2D eigenvalue weighted by Crippen LogP contribution is -2.24. The van der Waals surface area contributed by atoms with E-state index < -0.39 is 6.04 Å². The van der Waals surface area contributed by atoms with Crippen LogP contribution in [-0.4, -0.2) is 28.7 Å². The lowest BCUT2D eigenvalue weighted by atomic mass is 10.1. The van der Waals surface area contributed by atoms with Crippen LogP contribution in [0.15, 0.2) is 42.5 Å². The molecule has 0 saturated heterocycles. The molecule has 0 radical (unpaired) electrons. The third-order valence-electron chi connectivity index (χ3n) is 5.14. The van der Waals surface area contributed by atoms with Crippen molar-refractivity contribution < 1.29 is 14.3 Å². The number of carbonyl (C=O) groups is 2. The van der Waals surface area contributed by atoms with Crippen LogP contribution in [0.3, 0.4) is 0 Å². The zero-order valence-corrected chi connectivity index (χ0v) is 17.6. The molecule has 0 fully saturated rings. The predicted octanol–water partition coefficient (Wildman–Crippen LogP) is 4.35. The van der Waals surface area contributed by atoms with Crippen molar-refractivity contribution in [3.05, 3.63) is 58.7 Å². The number of aromatic nitrogens is 2. The highest BCUT2D eigenvalue weighted by Gasteiger charge is 2.36. The molecule has 154 valence electrons. The van der Waals surface area contributed by atoms with Crippen LogP contribution in [-0.2, 0) is 9.59 Å². The number of methoxy groups -OCH3 is 1. The summed E-state index contributed by atoms with van der Waals surface area (Å²) in [6, 6.07) is 12.1. The number of benzene rings is 2. The molecule has 0 spiro atoms. The number of nitrogens with zero attached hydrogens (tertiary/aromatic N) is 2. The number of rotatable bonds is 5. The second-order valence-electron chi connectivity index (χ2n) is 7.20. The van der Waals surface area contributed by atoms with Gasteiger partial charge in [0.1, 0.15) is 17.6 Å². The third-order valence-corrected chi connectivity index (χ3v) is 5.37. The number of amides is 2. The molecule has 7 nitrogen and oxygen atoms in total. The van der Waals surface area contributed by atoms with Gasteiger partial charge in [0, 0.05) is 16.3 Å². The van der Waals surface area contributed by atoms with E-state index in [4.69, 9.17) is 16.3 Å². The van der Waals surface area contributed by atoms with Crippen molar-refractivity contribution in [1.82, 2.24) is 9.78 Å². The molecule has 2 heterocycles. The topological polar surface area (TPSA) is 85.2 Å². The number of anilines is 2. The first-order chi connectivity index (χ1) is 14.4. The third kappa shape index (κ3) is 3.64. The van der Waals surface area contributed by atoms with Gasteiger partial charge in [-0.3, -0.25) is 9.59 Å². The molecule has 3 aromatic rings. The van der Waals surface area contributed by atoms with Gasteiger partial charge in [0.05, 0.1) is 19.2 Å². The minimum Gasteiger partial charge on any atom is -0.497 e. The molecule has 2 N–H and O–H groups in total. The summed E-state index contributed by atoms with van der Waals surface area (Å²) in [7, 11) is 1.60. The maximum Gasteiger partial charge on any atom is 0.251 e. The number of carbonyl (C=O) groups excluding carboxylic acids is 2. The lowest BCUT2D eigenvalue weighted by Gasteiger charge is -2.12. The van der Waals surface area contributed by atoms with Crippen LogP contribution in [0.4, 0.5) is 11.5 Å². The van der Waals surface area contributed by atoms with E-state index >= 15 is 0 Å². The average molecular weight is 425 g/mol. The van der Waals surface area contributed by atoms with Gasteiger partial charge >= 0.3 is 0 Å². The van der Waals surface area contributed by atoms with Crippen LogP contribution < -0.4 is 15.4 Å². The lowest BCUT2D eigenvalue weighted by molar-refractivity contribution is -0.123. The fourth-order valence-corrected chi connectivity index (χ4v) is 3.79. The SMILES string of the molecule is COc1cccc(-c2c(C)nn3c2NC(=O)C3CC(=O)Nc2cc(Cl)ccc2C)c1. The first-order valence-electron chi connectivity index (χ1n) is 9.47. The molecule has 0 aliphatic carbocycles. The number of hydrogen-bond acceptors (Lipinski definition) is 4. The smallest absolute Gasteiger partial charge is 0.251 e. The van der Waals surface area contributed by atoms with Crippen molar-refractivity contribution in [2.45, 2.75) is 26.3 Å². The molecule has 1 aromatic heterocycles. The summed E-state index contributed by atoms with van der Waals surface area (Å²) in [5, 5.41) is 10.8. The van der Waals surface area contributed by atoms with E-state index in [2.05, 4.69) is 15.7 Å². The van der Waals surface area contributed by atoms with Crippen molar-refractivity contribution in [3.63, 3.8) is 0 Å². The van der Waals surface area contributed by atoms with Crippen LogP contribution >= 0.6 is 11.6 Å². The number of fused-ring (bicyclic) bond motifs is 1. The molecule has 1 unspecified atom stereocenters. The van der Waals surface area contributed by atoms with Crippen molar-refractivity contribution in [2.75, 3.05) is 17.7 Å². The Morgan fingerprint density at radius 1 is 1.27 bits per heavy atom. The highest BCUT2D eigenvalue weighted by Crippen LogP contribution is 2.39. The van der Waals surface area contributed by atoms with Crippen LogP contribution in [0, 0.1) is 13.8 Å². The molecule has 4 rings (SSSR count). The van der Waals surface area contributed by atoms with E-state index in [1.807, 2.05) is 44.2 Å². The minimum atomic E-state index is -0.724. The van der Waals surface area contributed by atoms with Crippen molar-refractivity contribution in [1.29, 1.82) is 0 Å². The first-order valence-corrected chi connectivity index (χ1v) is 9.85. The van der Waals surface area contributed by atoms with Crippen LogP contribution in [0.25, 0.3) is 11.1 Å². The summed E-state index contributed by atoms with van der Waals surface area (Å²) in [4.78, 5) is 25.3. The highest BCUT2D eigenvalue weighted by molar-refractivity contribution is 6.31. The molecule has 0 saturated carbocycles. The van der Waals surface area contributed by atoms with Crippen molar-refractivity contribution in [2.24, 2.45) is 0 Å². The van der Waals surface area contributed by atoms with E-state index in [-0.39, 0.29) is 18.2 Å². The Morgan fingerprint density at radius 2 is 2.07 bits per heavy atom. The van der Waals surface area contributed by atoms with E-state index in [1.165, 1.54) is 0 Å². The summed E-state index contributed by atoms with van der Waals surface area (Å²) in [5.74, 6) is 0.746. The molecule has 1 atom stereocenters. The minimum absolute atomic E-state index is 0.0382. The Hall–Kier alpha value is -3.32. The van der Waals surface area contributed by atoms with E-state index in [1.54, 1.807) is 23.9 Å². The van der Waals surface area contributed by atoms with Gasteiger partial charge in [-0.1, -0.05) is 29.8 Å². The van der Waals surface area contributed by atoms with Gasteiger partial charge in [0.25, 0.3) is 5.91 Å². The maximum atomic E-state index is 12.6. The molecular weight excluding hydrogens is 404 g/mol. The van der Waals surface area contributed by atoms with Crippen LogP contribution in [0.5, 0.6) is 5.75 Å². The second kappa shape index (κ2) is 7.84. The first kappa shape index (κ1) is 20.0. The molecule has 1 aliphatic rings. The van der Waals surface area contributed by atoms with E-state index in [0.717, 1.165) is 22.4 Å². The summed E-state index contributed by atoms with van der Waals surface area (Å²) >= 11 is 6.02. The number of ether oxygens (including phenoxy) is 1. The normalized spacial score (nSPS) is 14.9. The van der Waals surface area contributed by atoms with Gasteiger partial charge in [-0.2, -0.15) is 5.10 Å². The number of halogens is 1. The van der Waals surface area contributed by atoms with E-state index in [9.17, 15) is 9.59 Å². The summed E-state index contributed by atoms with van der Waals surface area (Å²) in [6.45, 7) is 3.75. The molecule has 8 heteroatoms. The van der Waals surface area contributed by atoms with Crippen molar-refractivity contribution in [3.8, 4) is 16.9 Å². The molecule has 2 amide bonds. The van der Waals surface area contributed by atoms with Gasteiger partial charge in [0.15, 0.2) is 0 Å². The summed E-state index contributed by atoms with van der Waals surface area (Å²) in [6.07, 6.45) is -0.0382. The Kier molecular flexibility index (Phi) is 5.22. The molecule has 0 bridgehead atoms. The van der Waals surface area contributed by atoms with Crippen LogP contribution in [0.1, 0.15) is 23.7 Å².